The average Bonchev–Trinajstić information content (AvgIpc) is 3.19. The van der Waals surface area contributed by atoms with E-state index in [2.05, 4.69) is 0 Å². The quantitative estimate of drug-likeness (QED) is 0.462. The molecule has 1 aliphatic rings. The predicted octanol–water partition coefficient (Wildman–Crippen LogP) is 3.72. The van der Waals surface area contributed by atoms with E-state index in [1.54, 1.807) is 24.3 Å². The van der Waals surface area contributed by atoms with Crippen molar-refractivity contribution in [1.82, 2.24) is 0 Å². The lowest BCUT2D eigenvalue weighted by atomic mass is 9.79. The van der Waals surface area contributed by atoms with Gasteiger partial charge in [0.25, 0.3) is 0 Å². The molecule has 0 spiro atoms. The molecule has 8 heteroatoms. The monoisotopic (exact) mass is 430 g/mol. The van der Waals surface area contributed by atoms with E-state index in [-0.39, 0.29) is 12.6 Å². The van der Waals surface area contributed by atoms with Crippen molar-refractivity contribution in [3.8, 4) is 34.5 Å². The zero-order valence-corrected chi connectivity index (χ0v) is 18.4. The fraction of sp³-hybridized carbons (Fsp3) is 0.391. The summed E-state index contributed by atoms with van der Waals surface area (Å²) in [6.07, 6.45) is 0. The highest BCUT2D eigenvalue weighted by Gasteiger charge is 2.32. The molecule has 31 heavy (non-hydrogen) atoms. The Morgan fingerprint density at radius 3 is 1.94 bits per heavy atom. The minimum Gasteiger partial charge on any atom is -0.493 e. The highest BCUT2D eigenvalue weighted by Crippen LogP contribution is 2.48. The zero-order valence-electron chi connectivity index (χ0n) is 18.4. The molecule has 0 bridgehead atoms. The molecule has 0 aromatic heterocycles. The van der Waals surface area contributed by atoms with Crippen molar-refractivity contribution in [2.24, 2.45) is 5.92 Å². The van der Waals surface area contributed by atoms with Crippen LogP contribution in [0.5, 0.6) is 34.5 Å². The number of fused-ring (bicyclic) bond motifs is 1. The number of ether oxygens (including phenoxy) is 6. The number of hydrogen-bond donors (Lipinski definition) is 0. The molecule has 0 radical (unpaired) electrons. The number of benzene rings is 2. The fourth-order valence-electron chi connectivity index (χ4n) is 3.68. The van der Waals surface area contributed by atoms with Crippen LogP contribution in [0.25, 0.3) is 0 Å². The van der Waals surface area contributed by atoms with Gasteiger partial charge in [-0.1, -0.05) is 6.92 Å². The van der Waals surface area contributed by atoms with Crippen LogP contribution in [0, 0.1) is 5.92 Å². The zero-order chi connectivity index (χ0) is 22.7. The number of methoxy groups -OCH3 is 3. The standard InChI is InChI=1S/C23H26O8/c1-12(13(2)24)22(15-7-20(26-4)23(28-6)21(8-15)27-5)16-9-18-19(30-11-29-18)10-17(16)31-14(3)25/h7-10,12,22H,11H2,1-6H3/t12-,22+/m1/s1. The van der Waals surface area contributed by atoms with Gasteiger partial charge < -0.3 is 28.4 Å². The fourth-order valence-corrected chi connectivity index (χ4v) is 3.68. The maximum absolute atomic E-state index is 12.5. The molecule has 2 aromatic carbocycles. The smallest absolute Gasteiger partial charge is 0.308 e. The first-order valence-corrected chi connectivity index (χ1v) is 9.73. The SMILES string of the molecule is COc1cc([C@@H](c2cc3c(cc2OC(C)=O)OCO3)[C@H](C)C(C)=O)cc(OC)c1OC. The van der Waals surface area contributed by atoms with Crippen LogP contribution in [0.15, 0.2) is 24.3 Å². The Balaban J connectivity index is 2.27. The molecule has 1 heterocycles. The third-order valence-electron chi connectivity index (χ3n) is 5.28. The topological polar surface area (TPSA) is 89.5 Å². The number of carbonyl (C=O) groups is 2. The number of carbonyl (C=O) groups excluding carboxylic acids is 2. The molecule has 0 saturated heterocycles. The summed E-state index contributed by atoms with van der Waals surface area (Å²) in [5.74, 6) is 1.15. The van der Waals surface area contributed by atoms with Gasteiger partial charge in [-0.2, -0.15) is 0 Å². The Labute approximate surface area is 181 Å². The predicted molar refractivity (Wildman–Crippen MR) is 112 cm³/mol. The molecule has 8 nitrogen and oxygen atoms in total. The van der Waals surface area contributed by atoms with E-state index in [9.17, 15) is 9.59 Å². The van der Waals surface area contributed by atoms with Crippen molar-refractivity contribution in [3.63, 3.8) is 0 Å². The normalized spacial score (nSPS) is 13.9. The summed E-state index contributed by atoms with van der Waals surface area (Å²) in [5, 5.41) is 0. The Morgan fingerprint density at radius 1 is 0.871 bits per heavy atom. The molecule has 1 aliphatic heterocycles. The Bertz CT molecular complexity index is 972. The molecular weight excluding hydrogens is 404 g/mol. The summed E-state index contributed by atoms with van der Waals surface area (Å²) in [4.78, 5) is 24.3. The summed E-state index contributed by atoms with van der Waals surface area (Å²) in [7, 11) is 4.57. The number of Topliss-reactive ketones (excluding diaryl/α,β-unsaturated/α-hetero) is 1. The second-order valence-electron chi connectivity index (χ2n) is 7.17. The largest absolute Gasteiger partial charge is 0.493 e. The number of esters is 1. The molecule has 0 fully saturated rings. The van der Waals surface area contributed by atoms with Crippen LogP contribution in [0.1, 0.15) is 37.8 Å². The highest BCUT2D eigenvalue weighted by molar-refractivity contribution is 5.80. The van der Waals surface area contributed by atoms with Crippen molar-refractivity contribution < 1.29 is 38.0 Å². The van der Waals surface area contributed by atoms with Crippen LogP contribution in [0.2, 0.25) is 0 Å². The van der Waals surface area contributed by atoms with Crippen LogP contribution in [-0.4, -0.2) is 39.9 Å². The minimum absolute atomic E-state index is 0.0369. The minimum atomic E-state index is -0.491. The summed E-state index contributed by atoms with van der Waals surface area (Å²) < 4.78 is 32.9. The lowest BCUT2D eigenvalue weighted by molar-refractivity contribution is -0.131. The van der Waals surface area contributed by atoms with E-state index in [4.69, 9.17) is 28.4 Å². The average molecular weight is 430 g/mol. The molecule has 0 amide bonds. The van der Waals surface area contributed by atoms with Gasteiger partial charge in [-0.25, -0.2) is 0 Å². The van der Waals surface area contributed by atoms with Crippen LogP contribution in [0.4, 0.5) is 0 Å². The van der Waals surface area contributed by atoms with E-state index >= 15 is 0 Å². The van der Waals surface area contributed by atoms with Crippen molar-refractivity contribution in [2.75, 3.05) is 28.1 Å². The van der Waals surface area contributed by atoms with Gasteiger partial charge in [0, 0.05) is 30.4 Å². The van der Waals surface area contributed by atoms with Gasteiger partial charge in [0.05, 0.1) is 21.3 Å². The van der Waals surface area contributed by atoms with Gasteiger partial charge in [-0.05, 0) is 30.7 Å². The first-order chi connectivity index (χ1) is 14.8. The van der Waals surface area contributed by atoms with E-state index < -0.39 is 17.8 Å². The summed E-state index contributed by atoms with van der Waals surface area (Å²) in [6, 6.07) is 6.92. The van der Waals surface area contributed by atoms with Crippen molar-refractivity contribution in [3.05, 3.63) is 35.4 Å². The second-order valence-corrected chi connectivity index (χ2v) is 7.17. The molecule has 2 atom stereocenters. The van der Waals surface area contributed by atoms with Gasteiger partial charge in [0.15, 0.2) is 23.0 Å². The summed E-state index contributed by atoms with van der Waals surface area (Å²) in [6.45, 7) is 4.72. The molecular formula is C23H26O8. The van der Waals surface area contributed by atoms with E-state index in [1.807, 2.05) is 6.92 Å². The molecule has 0 unspecified atom stereocenters. The maximum atomic E-state index is 12.5. The van der Waals surface area contributed by atoms with Crippen LogP contribution < -0.4 is 28.4 Å². The van der Waals surface area contributed by atoms with Crippen molar-refractivity contribution in [2.45, 2.75) is 26.7 Å². The first kappa shape index (κ1) is 22.3. The number of rotatable bonds is 8. The number of hydrogen-bond acceptors (Lipinski definition) is 8. The van der Waals surface area contributed by atoms with Crippen LogP contribution in [-0.2, 0) is 9.59 Å². The summed E-state index contributed by atoms with van der Waals surface area (Å²) >= 11 is 0. The lowest BCUT2D eigenvalue weighted by Crippen LogP contribution is -2.20. The first-order valence-electron chi connectivity index (χ1n) is 9.73. The van der Waals surface area contributed by atoms with Gasteiger partial charge >= 0.3 is 5.97 Å². The molecule has 166 valence electrons. The van der Waals surface area contributed by atoms with E-state index in [1.165, 1.54) is 35.2 Å². The molecule has 0 saturated carbocycles. The van der Waals surface area contributed by atoms with E-state index in [0.29, 0.717) is 40.1 Å². The molecule has 0 aliphatic carbocycles. The highest BCUT2D eigenvalue weighted by atomic mass is 16.7. The second kappa shape index (κ2) is 9.16. The third-order valence-corrected chi connectivity index (χ3v) is 5.28. The van der Waals surface area contributed by atoms with Gasteiger partial charge in [-0.15, -0.1) is 0 Å². The van der Waals surface area contributed by atoms with Crippen LogP contribution in [0.3, 0.4) is 0 Å². The van der Waals surface area contributed by atoms with E-state index in [0.717, 1.165) is 5.56 Å². The van der Waals surface area contributed by atoms with Gasteiger partial charge in [-0.3, -0.25) is 9.59 Å². The number of ketones is 1. The Morgan fingerprint density at radius 2 is 1.45 bits per heavy atom. The van der Waals surface area contributed by atoms with Gasteiger partial charge in [0.1, 0.15) is 11.5 Å². The van der Waals surface area contributed by atoms with Crippen molar-refractivity contribution >= 4 is 11.8 Å². The lowest BCUT2D eigenvalue weighted by Gasteiger charge is -2.26. The summed E-state index contributed by atoms with van der Waals surface area (Å²) in [5.41, 5.74) is 1.33. The van der Waals surface area contributed by atoms with Crippen molar-refractivity contribution in [1.29, 1.82) is 0 Å². The molecule has 2 aromatic rings. The Hall–Kier alpha value is -3.42. The third kappa shape index (κ3) is 4.38. The van der Waals surface area contributed by atoms with Gasteiger partial charge in [0.2, 0.25) is 12.5 Å². The Kier molecular flexibility index (Phi) is 6.58. The maximum Gasteiger partial charge on any atom is 0.308 e. The van der Waals surface area contributed by atoms with Crippen LogP contribution >= 0.6 is 0 Å². The molecule has 3 rings (SSSR count). The molecule has 0 N–H and O–H groups in total.